The number of halogens is 1. The number of hydrogen-bond acceptors (Lipinski definition) is 5. The third kappa shape index (κ3) is 3.05. The first-order valence-corrected chi connectivity index (χ1v) is 7.09. The number of rotatable bonds is 5. The van der Waals surface area contributed by atoms with Crippen molar-refractivity contribution in [1.29, 1.82) is 0 Å². The number of carbonyl (C=O) groups is 1. The Morgan fingerprint density at radius 2 is 1.89 bits per heavy atom. The number of nitrogens with zero attached hydrogens (tertiary/aromatic N) is 1. The van der Waals surface area contributed by atoms with Crippen LogP contribution in [0.4, 0.5) is 5.69 Å². The van der Waals surface area contributed by atoms with E-state index in [-0.39, 0.29) is 17.0 Å². The van der Waals surface area contributed by atoms with E-state index in [0.717, 1.165) is 12.1 Å². The minimum absolute atomic E-state index is 0.0256. The Balaban J connectivity index is 3.02. The zero-order valence-corrected chi connectivity index (χ0v) is 10.9. The normalized spacial score (nSPS) is 13.0. The lowest BCUT2D eigenvalue weighted by Gasteiger charge is -2.08. The molecule has 1 aromatic rings. The Morgan fingerprint density at radius 1 is 1.39 bits per heavy atom. The molecule has 0 amide bonds. The van der Waals surface area contributed by atoms with Gasteiger partial charge in [-0.25, -0.2) is 8.42 Å². The van der Waals surface area contributed by atoms with Crippen molar-refractivity contribution in [1.82, 2.24) is 0 Å². The number of sulfone groups is 1. The van der Waals surface area contributed by atoms with Crippen LogP contribution in [-0.4, -0.2) is 29.6 Å². The van der Waals surface area contributed by atoms with Crippen LogP contribution in [0.25, 0.3) is 0 Å². The second kappa shape index (κ2) is 5.45. The number of hydrogen-bond donors (Lipinski definition) is 0. The first kappa shape index (κ1) is 14.6. The maximum atomic E-state index is 11.8. The third-order valence-corrected chi connectivity index (χ3v) is 4.95. The summed E-state index contributed by atoms with van der Waals surface area (Å²) >= 11 is 5.59. The molecule has 0 saturated carbocycles. The molecule has 0 aliphatic rings. The van der Waals surface area contributed by atoms with Crippen LogP contribution in [0.15, 0.2) is 24.3 Å². The topological polar surface area (TPSA) is 94.3 Å². The van der Waals surface area contributed by atoms with Crippen LogP contribution in [0.2, 0.25) is 0 Å². The molecular formula is C10H10ClNO5S. The number of carbonyl (C=O) groups excluding carboxylic acids is 1. The zero-order valence-electron chi connectivity index (χ0n) is 9.37. The fourth-order valence-electron chi connectivity index (χ4n) is 1.19. The highest BCUT2D eigenvalue weighted by Gasteiger charge is 2.29. The predicted molar refractivity (Wildman–Crippen MR) is 66.5 cm³/mol. The molecule has 1 rings (SSSR count). The molecule has 0 saturated heterocycles. The van der Waals surface area contributed by atoms with Crippen LogP contribution < -0.4 is 0 Å². The fourth-order valence-corrected chi connectivity index (χ4v) is 2.45. The molecule has 0 spiro atoms. The number of nitro groups is 1. The van der Waals surface area contributed by atoms with Crippen LogP contribution in [-0.2, 0) is 9.84 Å². The summed E-state index contributed by atoms with van der Waals surface area (Å²) in [6.07, 6.45) is 0. The van der Waals surface area contributed by atoms with Gasteiger partial charge in [0.05, 0.1) is 4.92 Å². The molecule has 1 aromatic carbocycles. The zero-order chi connectivity index (χ0) is 13.9. The molecule has 1 unspecified atom stereocenters. The van der Waals surface area contributed by atoms with Gasteiger partial charge in [0, 0.05) is 23.4 Å². The van der Waals surface area contributed by atoms with Crippen molar-refractivity contribution in [2.24, 2.45) is 0 Å². The first-order valence-electron chi connectivity index (χ1n) is 4.94. The quantitative estimate of drug-likeness (QED) is 0.357. The van der Waals surface area contributed by atoms with Crippen LogP contribution in [0, 0.1) is 10.1 Å². The van der Waals surface area contributed by atoms with Crippen LogP contribution in [0.3, 0.4) is 0 Å². The van der Waals surface area contributed by atoms with Crippen molar-refractivity contribution >= 4 is 32.9 Å². The Morgan fingerprint density at radius 3 is 2.28 bits per heavy atom. The van der Waals surface area contributed by atoms with E-state index >= 15 is 0 Å². The maximum Gasteiger partial charge on any atom is 0.269 e. The van der Waals surface area contributed by atoms with Gasteiger partial charge < -0.3 is 0 Å². The molecule has 0 heterocycles. The summed E-state index contributed by atoms with van der Waals surface area (Å²) in [5.74, 6) is -1.03. The van der Waals surface area contributed by atoms with Gasteiger partial charge in [-0.15, -0.1) is 0 Å². The number of nitro benzene ring substituents is 1. The molecule has 8 heteroatoms. The molecule has 18 heavy (non-hydrogen) atoms. The van der Waals surface area contributed by atoms with Crippen molar-refractivity contribution in [2.75, 3.05) is 5.75 Å². The van der Waals surface area contributed by atoms with Gasteiger partial charge >= 0.3 is 0 Å². The van der Waals surface area contributed by atoms with Crippen molar-refractivity contribution < 1.29 is 18.1 Å². The van der Waals surface area contributed by atoms with E-state index in [0.29, 0.717) is 0 Å². The van der Waals surface area contributed by atoms with E-state index in [9.17, 15) is 23.3 Å². The summed E-state index contributed by atoms with van der Waals surface area (Å²) in [5.41, 5.74) is -0.159. The summed E-state index contributed by atoms with van der Waals surface area (Å²) in [6, 6.07) is 4.60. The largest absolute Gasteiger partial charge is 0.291 e. The van der Waals surface area contributed by atoms with E-state index in [1.165, 1.54) is 19.1 Å². The number of ketones is 1. The molecule has 1 atom stereocenters. The number of Topliss-reactive ketones (excluding diaryl/α,β-unsaturated/α-hetero) is 1. The van der Waals surface area contributed by atoms with Gasteiger partial charge in [-0.3, -0.25) is 14.9 Å². The smallest absolute Gasteiger partial charge is 0.269 e. The minimum atomic E-state index is -3.69. The number of benzene rings is 1. The standard InChI is InChI=1S/C10H10ClNO5S/c1-2-18(16,17)10(11)9(13)7-3-5-8(6-4-7)12(14)15/h3-6,10H,2H2,1H3. The SMILES string of the molecule is CCS(=O)(=O)C(Cl)C(=O)c1ccc([N+](=O)[O-])cc1. The van der Waals surface area contributed by atoms with E-state index in [4.69, 9.17) is 11.6 Å². The molecule has 0 aliphatic heterocycles. The first-order chi connectivity index (χ1) is 8.29. The lowest BCUT2D eigenvalue weighted by molar-refractivity contribution is -0.384. The monoisotopic (exact) mass is 291 g/mol. The second-order valence-corrected chi connectivity index (χ2v) is 6.51. The van der Waals surface area contributed by atoms with Gasteiger partial charge in [0.1, 0.15) is 0 Å². The van der Waals surface area contributed by atoms with Crippen LogP contribution in [0.1, 0.15) is 17.3 Å². The van der Waals surface area contributed by atoms with Crippen molar-refractivity contribution in [2.45, 2.75) is 11.6 Å². The predicted octanol–water partition coefficient (Wildman–Crippen LogP) is 1.78. The van der Waals surface area contributed by atoms with E-state index in [2.05, 4.69) is 0 Å². The summed E-state index contributed by atoms with van der Waals surface area (Å²) in [6.45, 7) is 1.38. The average molecular weight is 292 g/mol. The Labute approximate surface area is 109 Å². The Kier molecular flexibility index (Phi) is 4.42. The van der Waals surface area contributed by atoms with E-state index in [1.807, 2.05) is 0 Å². The molecular weight excluding hydrogens is 282 g/mol. The van der Waals surface area contributed by atoms with E-state index in [1.54, 1.807) is 0 Å². The van der Waals surface area contributed by atoms with Crippen molar-refractivity contribution in [3.63, 3.8) is 0 Å². The van der Waals surface area contributed by atoms with Gasteiger partial charge in [-0.1, -0.05) is 18.5 Å². The molecule has 0 radical (unpaired) electrons. The highest BCUT2D eigenvalue weighted by Crippen LogP contribution is 2.18. The second-order valence-electron chi connectivity index (χ2n) is 3.44. The average Bonchev–Trinajstić information content (AvgIpc) is 2.37. The Hall–Kier alpha value is -1.47. The summed E-state index contributed by atoms with van der Waals surface area (Å²) in [7, 11) is -3.69. The number of non-ortho nitro benzene ring substituents is 1. The lowest BCUT2D eigenvalue weighted by atomic mass is 10.1. The molecule has 0 fully saturated rings. The Bertz CT molecular complexity index is 566. The summed E-state index contributed by atoms with van der Waals surface area (Å²) < 4.78 is 21.2. The van der Waals surface area contributed by atoms with Crippen molar-refractivity contribution in [3.8, 4) is 0 Å². The number of alkyl halides is 1. The highest BCUT2D eigenvalue weighted by molar-refractivity contribution is 7.94. The van der Waals surface area contributed by atoms with Gasteiger partial charge in [0.2, 0.25) is 0 Å². The van der Waals surface area contributed by atoms with E-state index < -0.39 is 25.3 Å². The lowest BCUT2D eigenvalue weighted by Crippen LogP contribution is -2.26. The molecule has 0 aliphatic carbocycles. The third-order valence-electron chi connectivity index (χ3n) is 2.29. The molecule has 0 N–H and O–H groups in total. The van der Waals surface area contributed by atoms with Crippen LogP contribution in [0.5, 0.6) is 0 Å². The fraction of sp³-hybridized carbons (Fsp3) is 0.300. The molecule has 0 bridgehead atoms. The van der Waals surface area contributed by atoms with Crippen LogP contribution >= 0.6 is 11.6 Å². The van der Waals surface area contributed by atoms with Gasteiger partial charge in [-0.05, 0) is 12.1 Å². The van der Waals surface area contributed by atoms with Gasteiger partial charge in [0.15, 0.2) is 20.3 Å². The maximum absolute atomic E-state index is 11.8. The molecule has 98 valence electrons. The van der Waals surface area contributed by atoms with Crippen molar-refractivity contribution in [3.05, 3.63) is 39.9 Å². The van der Waals surface area contributed by atoms with Gasteiger partial charge in [0.25, 0.3) is 5.69 Å². The highest BCUT2D eigenvalue weighted by atomic mass is 35.5. The molecule has 6 nitrogen and oxygen atoms in total. The minimum Gasteiger partial charge on any atom is -0.291 e. The molecule has 0 aromatic heterocycles. The summed E-state index contributed by atoms with van der Waals surface area (Å²) in [4.78, 5) is 21.6. The van der Waals surface area contributed by atoms with Gasteiger partial charge in [-0.2, -0.15) is 0 Å². The summed E-state index contributed by atoms with van der Waals surface area (Å²) in [5, 5.41) is 10.4.